The van der Waals surface area contributed by atoms with Gasteiger partial charge in [-0.3, -0.25) is 4.79 Å². The topological polar surface area (TPSA) is 44.1 Å². The fraction of sp³-hybridized carbons (Fsp3) is 0.667. The highest BCUT2D eigenvalue weighted by molar-refractivity contribution is 9.09. The van der Waals surface area contributed by atoms with Gasteiger partial charge in [-0.05, 0) is 19.0 Å². The van der Waals surface area contributed by atoms with Crippen molar-refractivity contribution in [1.82, 2.24) is 9.78 Å². The Morgan fingerprint density at radius 1 is 1.44 bits per heavy atom. The van der Waals surface area contributed by atoms with Crippen molar-refractivity contribution < 1.29 is 4.74 Å². The normalized spacial score (nSPS) is 13.6. The van der Waals surface area contributed by atoms with E-state index in [-0.39, 0.29) is 17.1 Å². The Morgan fingerprint density at radius 3 is 2.67 bits per heavy atom. The highest BCUT2D eigenvalue weighted by Gasteiger charge is 2.12. The summed E-state index contributed by atoms with van der Waals surface area (Å²) in [6, 6.07) is 4.36. The summed E-state index contributed by atoms with van der Waals surface area (Å²) in [5, 5.41) is 4.25. The van der Waals surface area contributed by atoms with Crippen molar-refractivity contribution in [2.45, 2.75) is 44.2 Å². The molecule has 0 N–H and O–H groups in total. The third-order valence-corrected chi connectivity index (χ3v) is 4.68. The molecule has 1 unspecified atom stereocenters. The zero-order chi connectivity index (χ0) is 13.8. The minimum Gasteiger partial charge on any atom is -0.359 e. The molecule has 1 aromatic rings. The van der Waals surface area contributed by atoms with Crippen molar-refractivity contribution in [3.8, 4) is 0 Å². The quantitative estimate of drug-likeness (QED) is 0.457. The van der Waals surface area contributed by atoms with Gasteiger partial charge in [-0.15, -0.1) is 0 Å². The van der Waals surface area contributed by atoms with Crippen molar-refractivity contribution in [3.63, 3.8) is 0 Å². The van der Waals surface area contributed by atoms with Gasteiger partial charge >= 0.3 is 0 Å². The fourth-order valence-corrected chi connectivity index (χ4v) is 2.30. The van der Waals surface area contributed by atoms with E-state index in [0.29, 0.717) is 6.61 Å². The predicted molar refractivity (Wildman–Crippen MR) is 79.9 cm³/mol. The summed E-state index contributed by atoms with van der Waals surface area (Å²) in [6.45, 7) is 9.80. The molecule has 1 aromatic heterocycles. The van der Waals surface area contributed by atoms with Gasteiger partial charge in [0.25, 0.3) is 5.56 Å². The lowest BCUT2D eigenvalue weighted by atomic mass is 10.3. The molecule has 0 fully saturated rings. The van der Waals surface area contributed by atoms with E-state index < -0.39 is 8.07 Å². The van der Waals surface area contributed by atoms with Crippen LogP contribution in [-0.4, -0.2) is 24.5 Å². The number of nitrogens with zero attached hydrogens (tertiary/aromatic N) is 2. The van der Waals surface area contributed by atoms with Crippen molar-refractivity contribution in [2.75, 3.05) is 6.61 Å². The third kappa shape index (κ3) is 5.45. The third-order valence-electron chi connectivity index (χ3n) is 2.50. The molecule has 0 bridgehead atoms. The van der Waals surface area contributed by atoms with Crippen molar-refractivity contribution in [2.24, 2.45) is 0 Å². The summed E-state index contributed by atoms with van der Waals surface area (Å²) in [5.41, 5.74) is 0.711. The van der Waals surface area contributed by atoms with E-state index in [0.717, 1.165) is 11.7 Å². The number of hydrogen-bond donors (Lipinski definition) is 0. The second-order valence-electron chi connectivity index (χ2n) is 5.56. The zero-order valence-electron chi connectivity index (χ0n) is 11.4. The standard InChI is InChI=1S/C12H21BrN2O2Si/c1-10(13)11-5-6-12(16)15(14-11)9-17-7-8-18(2,3)4/h5-6,10H,7-9H2,1-4H3. The van der Waals surface area contributed by atoms with E-state index in [4.69, 9.17) is 4.74 Å². The summed E-state index contributed by atoms with van der Waals surface area (Å²) in [6.07, 6.45) is 0. The van der Waals surface area contributed by atoms with Gasteiger partial charge in [0.05, 0.1) is 10.5 Å². The molecule has 0 amide bonds. The first-order valence-electron chi connectivity index (χ1n) is 6.09. The van der Waals surface area contributed by atoms with Gasteiger partial charge < -0.3 is 4.74 Å². The number of hydrogen-bond acceptors (Lipinski definition) is 3. The number of halogens is 1. The molecule has 18 heavy (non-hydrogen) atoms. The van der Waals surface area contributed by atoms with E-state index in [9.17, 15) is 4.79 Å². The van der Waals surface area contributed by atoms with Gasteiger partial charge in [-0.2, -0.15) is 5.10 Å². The van der Waals surface area contributed by atoms with Crippen LogP contribution in [0.2, 0.25) is 25.7 Å². The van der Waals surface area contributed by atoms with Gasteiger partial charge in [0, 0.05) is 20.7 Å². The highest BCUT2D eigenvalue weighted by Crippen LogP contribution is 2.17. The largest absolute Gasteiger partial charge is 0.359 e. The van der Waals surface area contributed by atoms with Gasteiger partial charge in [0.1, 0.15) is 6.73 Å². The Bertz CT molecular complexity index is 440. The van der Waals surface area contributed by atoms with Crippen LogP contribution in [0.3, 0.4) is 0 Å². The molecule has 6 heteroatoms. The molecule has 1 rings (SSSR count). The second kappa shape index (κ2) is 6.63. The van der Waals surface area contributed by atoms with E-state index in [1.165, 1.54) is 10.7 Å². The maximum absolute atomic E-state index is 11.6. The van der Waals surface area contributed by atoms with Crippen LogP contribution in [0.1, 0.15) is 17.4 Å². The lowest BCUT2D eigenvalue weighted by Crippen LogP contribution is -2.26. The lowest BCUT2D eigenvalue weighted by Gasteiger charge is -2.15. The second-order valence-corrected chi connectivity index (χ2v) is 12.6. The Morgan fingerprint density at radius 2 is 2.11 bits per heavy atom. The summed E-state index contributed by atoms with van der Waals surface area (Å²) in [4.78, 5) is 11.7. The number of aromatic nitrogens is 2. The van der Waals surface area contributed by atoms with E-state index >= 15 is 0 Å². The molecule has 0 radical (unpaired) electrons. The van der Waals surface area contributed by atoms with E-state index in [1.807, 2.05) is 6.92 Å². The Kier molecular flexibility index (Phi) is 5.74. The highest BCUT2D eigenvalue weighted by atomic mass is 79.9. The van der Waals surface area contributed by atoms with Gasteiger partial charge in [0.2, 0.25) is 0 Å². The molecule has 0 spiro atoms. The maximum Gasteiger partial charge on any atom is 0.268 e. The van der Waals surface area contributed by atoms with Crippen LogP contribution in [0.5, 0.6) is 0 Å². The van der Waals surface area contributed by atoms with E-state index in [2.05, 4.69) is 40.7 Å². The molecule has 4 nitrogen and oxygen atoms in total. The zero-order valence-corrected chi connectivity index (χ0v) is 14.0. The fourth-order valence-electron chi connectivity index (χ4n) is 1.30. The lowest BCUT2D eigenvalue weighted by molar-refractivity contribution is 0.0745. The molecule has 0 aromatic carbocycles. The van der Waals surface area contributed by atoms with Gasteiger partial charge in [0.15, 0.2) is 0 Å². The van der Waals surface area contributed by atoms with Crippen LogP contribution in [0.4, 0.5) is 0 Å². The Labute approximate surface area is 117 Å². The van der Waals surface area contributed by atoms with Crippen molar-refractivity contribution in [1.29, 1.82) is 0 Å². The average Bonchev–Trinajstić information content (AvgIpc) is 2.24. The van der Waals surface area contributed by atoms with Gasteiger partial charge in [-0.25, -0.2) is 4.68 Å². The maximum atomic E-state index is 11.6. The first-order valence-corrected chi connectivity index (χ1v) is 10.7. The molecular weight excluding hydrogens is 312 g/mol. The molecular formula is C12H21BrN2O2Si. The van der Waals surface area contributed by atoms with Crippen LogP contribution in [0.15, 0.2) is 16.9 Å². The van der Waals surface area contributed by atoms with Crippen molar-refractivity contribution in [3.05, 3.63) is 28.2 Å². The van der Waals surface area contributed by atoms with Crippen LogP contribution in [0.25, 0.3) is 0 Å². The minimum atomic E-state index is -1.08. The number of alkyl halides is 1. The summed E-state index contributed by atoms with van der Waals surface area (Å²) in [5.74, 6) is 0. The molecule has 0 aliphatic rings. The summed E-state index contributed by atoms with van der Waals surface area (Å²) in [7, 11) is -1.08. The first-order chi connectivity index (χ1) is 8.29. The summed E-state index contributed by atoms with van der Waals surface area (Å²) >= 11 is 3.44. The van der Waals surface area contributed by atoms with Crippen molar-refractivity contribution >= 4 is 24.0 Å². The van der Waals surface area contributed by atoms with Crippen LogP contribution < -0.4 is 5.56 Å². The minimum absolute atomic E-state index is 0.125. The SMILES string of the molecule is CC(Br)c1ccc(=O)n(COCC[Si](C)(C)C)n1. The van der Waals surface area contributed by atoms with Gasteiger partial charge in [-0.1, -0.05) is 35.6 Å². The van der Waals surface area contributed by atoms with E-state index in [1.54, 1.807) is 6.07 Å². The average molecular weight is 333 g/mol. The Balaban J connectivity index is 2.56. The number of ether oxygens (including phenoxy) is 1. The van der Waals surface area contributed by atoms with Crippen LogP contribution in [-0.2, 0) is 11.5 Å². The van der Waals surface area contributed by atoms with Crippen LogP contribution >= 0.6 is 15.9 Å². The molecule has 0 aliphatic heterocycles. The molecule has 1 heterocycles. The monoisotopic (exact) mass is 332 g/mol. The van der Waals surface area contributed by atoms with Crippen LogP contribution in [0, 0.1) is 0 Å². The predicted octanol–water partition coefficient (Wildman–Crippen LogP) is 3.01. The smallest absolute Gasteiger partial charge is 0.268 e. The summed E-state index contributed by atoms with van der Waals surface area (Å²) < 4.78 is 6.90. The molecule has 0 saturated carbocycles. The molecule has 0 saturated heterocycles. The molecule has 1 atom stereocenters. The first kappa shape index (κ1) is 15.6. The number of rotatable bonds is 6. The molecule has 102 valence electrons. The Hall–Kier alpha value is -0.463. The molecule has 0 aliphatic carbocycles.